The lowest BCUT2D eigenvalue weighted by atomic mass is 10.1. The minimum absolute atomic E-state index is 0.267. The summed E-state index contributed by atoms with van der Waals surface area (Å²) < 4.78 is 27.4. The maximum atomic E-state index is 12.5. The lowest BCUT2D eigenvalue weighted by Gasteiger charge is -2.23. The van der Waals surface area contributed by atoms with E-state index in [0.29, 0.717) is 18.8 Å². The molecule has 29 heavy (non-hydrogen) atoms. The molecule has 0 radical (unpaired) electrons. The number of carbonyl (C=O) groups excluding carboxylic acids is 1. The zero-order valence-electron chi connectivity index (χ0n) is 16.4. The predicted molar refractivity (Wildman–Crippen MR) is 113 cm³/mol. The first-order chi connectivity index (χ1) is 13.8. The van der Waals surface area contributed by atoms with Crippen LogP contribution in [0.15, 0.2) is 67.0 Å². The topological polar surface area (TPSA) is 84.3 Å². The van der Waals surface area contributed by atoms with Gasteiger partial charge in [0.05, 0.1) is 18.5 Å². The highest BCUT2D eigenvalue weighted by molar-refractivity contribution is 7.92. The van der Waals surface area contributed by atoms with Gasteiger partial charge in [0, 0.05) is 18.9 Å². The van der Waals surface area contributed by atoms with Crippen molar-refractivity contribution < 1.29 is 13.2 Å². The van der Waals surface area contributed by atoms with E-state index >= 15 is 0 Å². The summed E-state index contributed by atoms with van der Waals surface area (Å²) in [5, 5.41) is 7.00. The number of hydrogen-bond acceptors (Lipinski definition) is 4. The molecular formula is C21H24N4O3S. The molecular weight excluding hydrogens is 388 g/mol. The van der Waals surface area contributed by atoms with Gasteiger partial charge in [0.1, 0.15) is 6.54 Å². The van der Waals surface area contributed by atoms with Crippen molar-refractivity contribution in [2.75, 3.05) is 17.1 Å². The molecule has 7 nitrogen and oxygen atoms in total. The van der Waals surface area contributed by atoms with Gasteiger partial charge >= 0.3 is 0 Å². The van der Waals surface area contributed by atoms with E-state index in [-0.39, 0.29) is 12.5 Å². The Bertz CT molecular complexity index is 1080. The first kappa shape index (κ1) is 20.6. The molecule has 0 aliphatic heterocycles. The normalized spacial score (nSPS) is 11.2. The van der Waals surface area contributed by atoms with E-state index in [9.17, 15) is 13.2 Å². The standard InChI is InChI=1S/C21H24N4O3S/c1-17-7-3-4-10-20(17)25(29(2,27)28)16-21(26)22-14-18-8-5-9-19(13-18)15-24-12-6-11-23-24/h3-13H,14-16H2,1-2H3,(H,22,26). The molecule has 0 bridgehead atoms. The quantitative estimate of drug-likeness (QED) is 0.615. The third kappa shape index (κ3) is 5.68. The van der Waals surface area contributed by atoms with E-state index in [2.05, 4.69) is 10.4 Å². The largest absolute Gasteiger partial charge is 0.350 e. The second-order valence-electron chi connectivity index (χ2n) is 6.86. The molecule has 1 aromatic heterocycles. The molecule has 0 saturated heterocycles. The zero-order valence-corrected chi connectivity index (χ0v) is 17.3. The van der Waals surface area contributed by atoms with Crippen LogP contribution in [0.4, 0.5) is 5.69 Å². The van der Waals surface area contributed by atoms with Crippen molar-refractivity contribution in [3.05, 3.63) is 83.7 Å². The highest BCUT2D eigenvalue weighted by Gasteiger charge is 2.21. The van der Waals surface area contributed by atoms with Crippen molar-refractivity contribution in [1.82, 2.24) is 15.1 Å². The van der Waals surface area contributed by atoms with Gasteiger partial charge in [0.2, 0.25) is 15.9 Å². The van der Waals surface area contributed by atoms with Gasteiger partial charge in [-0.15, -0.1) is 0 Å². The third-order valence-electron chi connectivity index (χ3n) is 4.46. The van der Waals surface area contributed by atoms with Crippen molar-refractivity contribution >= 4 is 21.6 Å². The highest BCUT2D eigenvalue weighted by Crippen LogP contribution is 2.21. The Balaban J connectivity index is 1.65. The SMILES string of the molecule is Cc1ccccc1N(CC(=O)NCc1cccc(Cn2cccn2)c1)S(C)(=O)=O. The lowest BCUT2D eigenvalue weighted by molar-refractivity contribution is -0.119. The Morgan fingerprint density at radius 1 is 1.10 bits per heavy atom. The van der Waals surface area contributed by atoms with Crippen LogP contribution in [0.25, 0.3) is 0 Å². The van der Waals surface area contributed by atoms with Gasteiger partial charge < -0.3 is 5.32 Å². The fourth-order valence-electron chi connectivity index (χ4n) is 3.03. The van der Waals surface area contributed by atoms with Crippen LogP contribution in [0.2, 0.25) is 0 Å². The van der Waals surface area contributed by atoms with E-state index < -0.39 is 10.0 Å². The molecule has 0 aliphatic rings. The molecule has 0 unspecified atom stereocenters. The highest BCUT2D eigenvalue weighted by atomic mass is 32.2. The molecule has 152 valence electrons. The first-order valence-electron chi connectivity index (χ1n) is 9.18. The molecule has 0 atom stereocenters. The van der Waals surface area contributed by atoms with Gasteiger partial charge in [-0.05, 0) is 35.7 Å². The number of anilines is 1. The van der Waals surface area contributed by atoms with Crippen LogP contribution < -0.4 is 9.62 Å². The number of aryl methyl sites for hydroxylation is 1. The number of benzene rings is 2. The van der Waals surface area contributed by atoms with Gasteiger partial charge in [-0.2, -0.15) is 5.10 Å². The van der Waals surface area contributed by atoms with Crippen LogP contribution >= 0.6 is 0 Å². The molecule has 1 N–H and O–H groups in total. The molecule has 0 fully saturated rings. The smallest absolute Gasteiger partial charge is 0.241 e. The van der Waals surface area contributed by atoms with E-state index in [0.717, 1.165) is 27.3 Å². The number of carbonyl (C=O) groups is 1. The Kier molecular flexibility index (Phi) is 6.33. The number of sulfonamides is 1. The Hall–Kier alpha value is -3.13. The van der Waals surface area contributed by atoms with Gasteiger partial charge in [-0.25, -0.2) is 8.42 Å². The summed E-state index contributed by atoms with van der Waals surface area (Å²) in [5.41, 5.74) is 3.30. The van der Waals surface area contributed by atoms with Crippen LogP contribution in [0.1, 0.15) is 16.7 Å². The van der Waals surface area contributed by atoms with Crippen LogP contribution in [0.5, 0.6) is 0 Å². The number of nitrogens with zero attached hydrogens (tertiary/aromatic N) is 3. The predicted octanol–water partition coefficient (Wildman–Crippen LogP) is 2.32. The molecule has 1 heterocycles. The zero-order chi connectivity index (χ0) is 20.9. The van der Waals surface area contributed by atoms with Crippen LogP contribution in [0.3, 0.4) is 0 Å². The summed E-state index contributed by atoms with van der Waals surface area (Å²) in [4.78, 5) is 12.5. The molecule has 2 aromatic carbocycles. The van der Waals surface area contributed by atoms with Crippen molar-refractivity contribution in [3.63, 3.8) is 0 Å². The summed E-state index contributed by atoms with van der Waals surface area (Å²) >= 11 is 0. The number of amides is 1. The molecule has 3 rings (SSSR count). The van der Waals surface area contributed by atoms with E-state index in [1.165, 1.54) is 0 Å². The number of para-hydroxylation sites is 1. The van der Waals surface area contributed by atoms with Crippen LogP contribution in [0, 0.1) is 6.92 Å². The average molecular weight is 413 g/mol. The number of rotatable bonds is 8. The fourth-order valence-corrected chi connectivity index (χ4v) is 3.94. The van der Waals surface area contributed by atoms with Gasteiger partial charge in [-0.3, -0.25) is 13.8 Å². The summed E-state index contributed by atoms with van der Waals surface area (Å²) in [5.74, 6) is -0.365. The minimum Gasteiger partial charge on any atom is -0.350 e. The average Bonchev–Trinajstić information content (AvgIpc) is 3.18. The second-order valence-corrected chi connectivity index (χ2v) is 8.76. The molecule has 8 heteroatoms. The van der Waals surface area contributed by atoms with Crippen LogP contribution in [-0.2, 0) is 27.9 Å². The van der Waals surface area contributed by atoms with Gasteiger partial charge in [-0.1, -0.05) is 42.5 Å². The summed E-state index contributed by atoms with van der Waals surface area (Å²) in [6.45, 7) is 2.51. The monoisotopic (exact) mass is 412 g/mol. The third-order valence-corrected chi connectivity index (χ3v) is 5.58. The maximum absolute atomic E-state index is 12.5. The summed E-state index contributed by atoms with van der Waals surface area (Å²) in [6.07, 6.45) is 4.72. The number of aromatic nitrogens is 2. The van der Waals surface area contributed by atoms with Crippen molar-refractivity contribution in [1.29, 1.82) is 0 Å². The molecule has 0 spiro atoms. The van der Waals surface area contributed by atoms with Crippen LogP contribution in [-0.4, -0.2) is 36.9 Å². The van der Waals surface area contributed by atoms with Crippen molar-refractivity contribution in [2.45, 2.75) is 20.0 Å². The Morgan fingerprint density at radius 3 is 2.55 bits per heavy atom. The van der Waals surface area contributed by atoms with E-state index in [1.54, 1.807) is 18.3 Å². The van der Waals surface area contributed by atoms with Crippen molar-refractivity contribution in [2.24, 2.45) is 0 Å². The van der Waals surface area contributed by atoms with E-state index in [1.807, 2.05) is 60.3 Å². The fraction of sp³-hybridized carbons (Fsp3) is 0.238. The molecule has 1 amide bonds. The Morgan fingerprint density at radius 2 is 1.86 bits per heavy atom. The summed E-state index contributed by atoms with van der Waals surface area (Å²) in [6, 6.07) is 16.8. The first-order valence-corrected chi connectivity index (χ1v) is 11.0. The Labute approximate surface area is 171 Å². The summed E-state index contributed by atoms with van der Waals surface area (Å²) in [7, 11) is -3.59. The van der Waals surface area contributed by atoms with E-state index in [4.69, 9.17) is 0 Å². The molecule has 0 aliphatic carbocycles. The number of nitrogens with one attached hydrogen (secondary N) is 1. The van der Waals surface area contributed by atoms with Gasteiger partial charge in [0.15, 0.2) is 0 Å². The lowest BCUT2D eigenvalue weighted by Crippen LogP contribution is -2.40. The van der Waals surface area contributed by atoms with Gasteiger partial charge in [0.25, 0.3) is 0 Å². The molecule has 3 aromatic rings. The number of hydrogen-bond donors (Lipinski definition) is 1. The van der Waals surface area contributed by atoms with Crippen molar-refractivity contribution in [3.8, 4) is 0 Å². The minimum atomic E-state index is -3.59. The second kappa shape index (κ2) is 8.91. The maximum Gasteiger partial charge on any atom is 0.241 e. The molecule has 0 saturated carbocycles.